The molecule has 1 amide bonds. The molecule has 2 aromatic carbocycles. The van der Waals surface area contributed by atoms with Crippen molar-refractivity contribution in [1.82, 2.24) is 15.1 Å². The second kappa shape index (κ2) is 8.78. The standard InChI is InChI=1S/C24H27N3O4S/c1-16-12-17(2)27(26-16)11-10-24(28)25-15-21-14-20-13-19(6-9-23(20)31-21)18-4-7-22(8-5-18)32(3,29)30/h4-9,12-13,21H,10-11,14-15H2,1-3H3,(H,25,28)/t21-/m0/s1. The van der Waals surface area contributed by atoms with E-state index in [1.54, 1.807) is 12.1 Å². The predicted octanol–water partition coefficient (Wildman–Crippen LogP) is 3.08. The molecule has 7 nitrogen and oxygen atoms in total. The number of sulfone groups is 1. The SMILES string of the molecule is Cc1cc(C)n(CCC(=O)NC[C@@H]2Cc3cc(-c4ccc(S(C)(=O)=O)cc4)ccc3O2)n1. The van der Waals surface area contributed by atoms with Crippen LogP contribution in [0, 0.1) is 13.8 Å². The van der Waals surface area contributed by atoms with Gasteiger partial charge in [-0.1, -0.05) is 18.2 Å². The molecule has 0 unspecified atom stereocenters. The smallest absolute Gasteiger partial charge is 0.221 e. The molecule has 1 atom stereocenters. The minimum Gasteiger partial charge on any atom is -0.488 e. The molecule has 32 heavy (non-hydrogen) atoms. The summed E-state index contributed by atoms with van der Waals surface area (Å²) in [4.78, 5) is 12.6. The summed E-state index contributed by atoms with van der Waals surface area (Å²) in [6.45, 7) is 4.92. The molecular weight excluding hydrogens is 426 g/mol. The monoisotopic (exact) mass is 453 g/mol. The number of nitrogens with zero attached hydrogens (tertiary/aromatic N) is 2. The molecule has 3 aromatic rings. The molecule has 1 aromatic heterocycles. The van der Waals surface area contributed by atoms with E-state index in [4.69, 9.17) is 4.74 Å². The Morgan fingerprint density at radius 1 is 1.12 bits per heavy atom. The Balaban J connectivity index is 1.32. The lowest BCUT2D eigenvalue weighted by Gasteiger charge is -2.12. The van der Waals surface area contributed by atoms with Crippen molar-refractivity contribution in [3.8, 4) is 16.9 Å². The number of hydrogen-bond acceptors (Lipinski definition) is 5. The summed E-state index contributed by atoms with van der Waals surface area (Å²) < 4.78 is 31.1. The fourth-order valence-electron chi connectivity index (χ4n) is 3.93. The lowest BCUT2D eigenvalue weighted by molar-refractivity contribution is -0.121. The summed E-state index contributed by atoms with van der Waals surface area (Å²) >= 11 is 0. The summed E-state index contributed by atoms with van der Waals surface area (Å²) in [5.41, 5.74) is 5.03. The molecule has 0 saturated heterocycles. The Morgan fingerprint density at radius 3 is 2.50 bits per heavy atom. The van der Waals surface area contributed by atoms with Crippen LogP contribution in [0.15, 0.2) is 53.4 Å². The number of aromatic nitrogens is 2. The molecule has 1 N–H and O–H groups in total. The van der Waals surface area contributed by atoms with Crippen LogP contribution in [0.2, 0.25) is 0 Å². The van der Waals surface area contributed by atoms with Gasteiger partial charge in [0.2, 0.25) is 5.91 Å². The zero-order valence-corrected chi connectivity index (χ0v) is 19.3. The van der Waals surface area contributed by atoms with E-state index in [9.17, 15) is 13.2 Å². The van der Waals surface area contributed by atoms with Crippen molar-refractivity contribution in [2.45, 2.75) is 44.2 Å². The molecule has 0 bridgehead atoms. The largest absolute Gasteiger partial charge is 0.488 e. The molecular formula is C24H27N3O4S. The molecule has 4 rings (SSSR count). The van der Waals surface area contributed by atoms with Gasteiger partial charge in [0.1, 0.15) is 11.9 Å². The van der Waals surface area contributed by atoms with Gasteiger partial charge in [-0.15, -0.1) is 0 Å². The quantitative estimate of drug-likeness (QED) is 0.594. The highest BCUT2D eigenvalue weighted by Gasteiger charge is 2.24. The zero-order chi connectivity index (χ0) is 22.9. The lowest BCUT2D eigenvalue weighted by Crippen LogP contribution is -2.34. The van der Waals surface area contributed by atoms with Crippen molar-refractivity contribution in [1.29, 1.82) is 0 Å². The number of ether oxygens (including phenoxy) is 1. The predicted molar refractivity (Wildman–Crippen MR) is 122 cm³/mol. The summed E-state index contributed by atoms with van der Waals surface area (Å²) in [6, 6.07) is 14.8. The minimum atomic E-state index is -3.21. The first-order valence-electron chi connectivity index (χ1n) is 10.6. The number of nitrogens with one attached hydrogen (secondary N) is 1. The lowest BCUT2D eigenvalue weighted by atomic mass is 10.0. The van der Waals surface area contributed by atoms with Crippen LogP contribution in [0.5, 0.6) is 5.75 Å². The third-order valence-corrected chi connectivity index (χ3v) is 6.73. The average molecular weight is 454 g/mol. The highest BCUT2D eigenvalue weighted by atomic mass is 32.2. The third kappa shape index (κ3) is 5.02. The van der Waals surface area contributed by atoms with Gasteiger partial charge in [-0.05, 0) is 60.9 Å². The van der Waals surface area contributed by atoms with E-state index in [1.165, 1.54) is 6.26 Å². The van der Waals surface area contributed by atoms with E-state index in [-0.39, 0.29) is 12.0 Å². The maximum absolute atomic E-state index is 12.3. The molecule has 1 aliphatic rings. The van der Waals surface area contributed by atoms with Crippen molar-refractivity contribution in [2.24, 2.45) is 0 Å². The fraction of sp³-hybridized carbons (Fsp3) is 0.333. The van der Waals surface area contributed by atoms with Gasteiger partial charge in [0, 0.05) is 31.3 Å². The molecule has 168 valence electrons. The Labute approximate surface area is 188 Å². The number of amides is 1. The molecule has 0 fully saturated rings. The zero-order valence-electron chi connectivity index (χ0n) is 18.5. The number of rotatable bonds is 7. The highest BCUT2D eigenvalue weighted by molar-refractivity contribution is 7.90. The van der Waals surface area contributed by atoms with Gasteiger partial charge in [0.05, 0.1) is 17.1 Å². The topological polar surface area (TPSA) is 90.3 Å². The highest BCUT2D eigenvalue weighted by Crippen LogP contribution is 2.33. The van der Waals surface area contributed by atoms with Crippen LogP contribution in [-0.4, -0.2) is 43.0 Å². The number of fused-ring (bicyclic) bond motifs is 1. The Bertz CT molecular complexity index is 1250. The number of benzene rings is 2. The van der Waals surface area contributed by atoms with Crippen LogP contribution in [-0.2, 0) is 27.6 Å². The van der Waals surface area contributed by atoms with E-state index in [1.807, 2.05) is 48.9 Å². The van der Waals surface area contributed by atoms with Crippen LogP contribution in [0.4, 0.5) is 0 Å². The molecule has 2 heterocycles. The number of aryl methyl sites for hydroxylation is 3. The maximum atomic E-state index is 12.3. The average Bonchev–Trinajstić information content (AvgIpc) is 3.31. The van der Waals surface area contributed by atoms with E-state index < -0.39 is 9.84 Å². The summed E-state index contributed by atoms with van der Waals surface area (Å²) in [6.07, 6.45) is 2.18. The molecule has 0 aliphatic carbocycles. The van der Waals surface area contributed by atoms with E-state index in [0.29, 0.717) is 30.8 Å². The Morgan fingerprint density at radius 2 is 1.84 bits per heavy atom. The van der Waals surface area contributed by atoms with E-state index in [0.717, 1.165) is 33.8 Å². The summed E-state index contributed by atoms with van der Waals surface area (Å²) in [7, 11) is -3.21. The normalized spacial score (nSPS) is 15.3. The number of carbonyl (C=O) groups is 1. The first kappa shape index (κ1) is 22.1. The number of hydrogen-bond donors (Lipinski definition) is 1. The molecule has 1 aliphatic heterocycles. The maximum Gasteiger partial charge on any atom is 0.221 e. The van der Waals surface area contributed by atoms with Gasteiger partial charge < -0.3 is 10.1 Å². The Hall–Kier alpha value is -3.13. The second-order valence-corrected chi connectivity index (χ2v) is 10.3. The van der Waals surface area contributed by atoms with Crippen LogP contribution in [0.25, 0.3) is 11.1 Å². The van der Waals surface area contributed by atoms with Gasteiger partial charge in [-0.3, -0.25) is 9.48 Å². The molecule has 8 heteroatoms. The first-order chi connectivity index (χ1) is 15.2. The van der Waals surface area contributed by atoms with Crippen molar-refractivity contribution < 1.29 is 17.9 Å². The third-order valence-electron chi connectivity index (χ3n) is 5.60. The summed E-state index contributed by atoms with van der Waals surface area (Å²) in [5, 5.41) is 7.34. The van der Waals surface area contributed by atoms with Crippen LogP contribution < -0.4 is 10.1 Å². The van der Waals surface area contributed by atoms with E-state index >= 15 is 0 Å². The molecule has 0 radical (unpaired) electrons. The molecule has 0 saturated carbocycles. The van der Waals surface area contributed by atoms with Gasteiger partial charge in [0.15, 0.2) is 9.84 Å². The van der Waals surface area contributed by atoms with Gasteiger partial charge in [-0.25, -0.2) is 8.42 Å². The van der Waals surface area contributed by atoms with Crippen molar-refractivity contribution in [3.63, 3.8) is 0 Å². The second-order valence-electron chi connectivity index (χ2n) is 8.27. The van der Waals surface area contributed by atoms with Crippen molar-refractivity contribution >= 4 is 15.7 Å². The first-order valence-corrected chi connectivity index (χ1v) is 12.5. The van der Waals surface area contributed by atoms with Gasteiger partial charge in [-0.2, -0.15) is 5.10 Å². The van der Waals surface area contributed by atoms with Crippen LogP contribution >= 0.6 is 0 Å². The van der Waals surface area contributed by atoms with Crippen LogP contribution in [0.1, 0.15) is 23.4 Å². The molecule has 0 spiro atoms. The minimum absolute atomic E-state index is 0.0243. The number of carbonyl (C=O) groups excluding carboxylic acids is 1. The summed E-state index contributed by atoms with van der Waals surface area (Å²) in [5.74, 6) is 0.798. The van der Waals surface area contributed by atoms with Crippen molar-refractivity contribution in [2.75, 3.05) is 12.8 Å². The fourth-order valence-corrected chi connectivity index (χ4v) is 4.56. The Kier molecular flexibility index (Phi) is 6.06. The van der Waals surface area contributed by atoms with Crippen LogP contribution in [0.3, 0.4) is 0 Å². The van der Waals surface area contributed by atoms with Gasteiger partial charge >= 0.3 is 0 Å². The van der Waals surface area contributed by atoms with Crippen molar-refractivity contribution in [3.05, 3.63) is 65.5 Å². The van der Waals surface area contributed by atoms with Gasteiger partial charge in [0.25, 0.3) is 0 Å². The van der Waals surface area contributed by atoms with E-state index in [2.05, 4.69) is 16.5 Å².